The lowest BCUT2D eigenvalue weighted by molar-refractivity contribution is -0.137. The molecule has 0 saturated carbocycles. The zero-order chi connectivity index (χ0) is 17.0. The van der Waals surface area contributed by atoms with Crippen LogP contribution in [0, 0.1) is 0 Å². The molecule has 23 heavy (non-hydrogen) atoms. The summed E-state index contributed by atoms with van der Waals surface area (Å²) in [5, 5.41) is 0. The van der Waals surface area contributed by atoms with Gasteiger partial charge in [-0.05, 0) is 25.0 Å². The van der Waals surface area contributed by atoms with E-state index in [1.807, 2.05) is 0 Å². The molecular formula is C14H16F3N3O3. The summed E-state index contributed by atoms with van der Waals surface area (Å²) in [5.41, 5.74) is 3.34. The Morgan fingerprint density at radius 1 is 1.30 bits per heavy atom. The summed E-state index contributed by atoms with van der Waals surface area (Å²) in [7, 11) is 1.20. The van der Waals surface area contributed by atoms with Crippen LogP contribution in [0.3, 0.4) is 0 Å². The normalized spacial score (nSPS) is 17.7. The third kappa shape index (κ3) is 3.85. The van der Waals surface area contributed by atoms with Crippen molar-refractivity contribution in [3.05, 3.63) is 29.8 Å². The molecule has 1 fully saturated rings. The topological polar surface area (TPSA) is 70.7 Å². The van der Waals surface area contributed by atoms with E-state index in [0.717, 1.165) is 6.07 Å². The average molecular weight is 331 g/mol. The van der Waals surface area contributed by atoms with E-state index in [1.54, 1.807) is 0 Å². The molecule has 1 heterocycles. The fourth-order valence-corrected chi connectivity index (χ4v) is 2.43. The molecule has 1 aliphatic rings. The van der Waals surface area contributed by atoms with Crippen LogP contribution in [0.25, 0.3) is 0 Å². The largest absolute Gasteiger partial charge is 0.453 e. The number of methoxy groups -OCH3 is 1. The number of hydrogen-bond donors (Lipinski definition) is 2. The summed E-state index contributed by atoms with van der Waals surface area (Å²) in [5.74, 6) is -0.593. The number of benzene rings is 1. The van der Waals surface area contributed by atoms with Gasteiger partial charge in [-0.3, -0.25) is 20.5 Å². The van der Waals surface area contributed by atoms with E-state index in [4.69, 9.17) is 0 Å². The summed E-state index contributed by atoms with van der Waals surface area (Å²) in [6.07, 6.45) is -4.14. The average Bonchev–Trinajstić information content (AvgIpc) is 3.01. The van der Waals surface area contributed by atoms with Gasteiger partial charge in [-0.25, -0.2) is 4.79 Å². The zero-order valence-electron chi connectivity index (χ0n) is 12.3. The number of likely N-dealkylation sites (tertiary alicyclic amines) is 1. The van der Waals surface area contributed by atoms with Crippen molar-refractivity contribution in [3.63, 3.8) is 0 Å². The van der Waals surface area contributed by atoms with Crippen molar-refractivity contribution in [2.75, 3.05) is 19.1 Å². The second kappa shape index (κ2) is 6.76. The van der Waals surface area contributed by atoms with E-state index < -0.39 is 29.8 Å². The number of ether oxygens (including phenoxy) is 1. The van der Waals surface area contributed by atoms with Crippen LogP contribution in [0.5, 0.6) is 0 Å². The monoisotopic (exact) mass is 331 g/mol. The number of rotatable bonds is 3. The highest BCUT2D eigenvalue weighted by atomic mass is 19.4. The molecule has 0 radical (unpaired) electrons. The number of nitrogens with zero attached hydrogens (tertiary/aromatic N) is 1. The van der Waals surface area contributed by atoms with Crippen LogP contribution in [-0.2, 0) is 15.7 Å². The molecule has 6 nitrogen and oxygen atoms in total. The summed E-state index contributed by atoms with van der Waals surface area (Å²) in [4.78, 5) is 24.9. The number of carbonyl (C=O) groups excluding carboxylic acids is 2. The van der Waals surface area contributed by atoms with Gasteiger partial charge in [0.25, 0.3) is 5.91 Å². The number of amides is 2. The van der Waals surface area contributed by atoms with Crippen molar-refractivity contribution in [1.82, 2.24) is 10.3 Å². The second-order valence-corrected chi connectivity index (χ2v) is 4.98. The molecule has 126 valence electrons. The number of para-hydroxylation sites is 1. The third-order valence-electron chi connectivity index (χ3n) is 3.52. The summed E-state index contributed by atoms with van der Waals surface area (Å²) in [6.45, 7) is 0.365. The van der Waals surface area contributed by atoms with Crippen molar-refractivity contribution in [2.24, 2.45) is 0 Å². The molecule has 1 aromatic carbocycles. The van der Waals surface area contributed by atoms with Gasteiger partial charge in [0.05, 0.1) is 18.4 Å². The predicted octanol–water partition coefficient (Wildman–Crippen LogP) is 2.38. The minimum absolute atomic E-state index is 0.268. The van der Waals surface area contributed by atoms with Gasteiger partial charge in [-0.1, -0.05) is 12.1 Å². The van der Waals surface area contributed by atoms with E-state index in [0.29, 0.717) is 19.4 Å². The van der Waals surface area contributed by atoms with Gasteiger partial charge in [-0.15, -0.1) is 0 Å². The maximum absolute atomic E-state index is 12.9. The quantitative estimate of drug-likeness (QED) is 0.835. The van der Waals surface area contributed by atoms with E-state index in [9.17, 15) is 22.8 Å². The molecule has 0 aliphatic carbocycles. The molecule has 2 N–H and O–H groups in total. The highest BCUT2D eigenvalue weighted by molar-refractivity contribution is 5.87. The maximum Gasteiger partial charge on any atom is 0.418 e. The molecule has 9 heteroatoms. The van der Waals surface area contributed by atoms with Crippen molar-refractivity contribution < 1.29 is 27.5 Å². The summed E-state index contributed by atoms with van der Waals surface area (Å²) >= 11 is 0. The third-order valence-corrected chi connectivity index (χ3v) is 3.52. The minimum Gasteiger partial charge on any atom is -0.453 e. The van der Waals surface area contributed by atoms with E-state index in [1.165, 1.54) is 30.2 Å². The maximum atomic E-state index is 12.9. The first-order valence-corrected chi connectivity index (χ1v) is 6.91. The number of hydrazine groups is 1. The Kier molecular flexibility index (Phi) is 4.97. The van der Waals surface area contributed by atoms with Gasteiger partial charge < -0.3 is 4.74 Å². The lowest BCUT2D eigenvalue weighted by atomic mass is 10.2. The van der Waals surface area contributed by atoms with Crippen LogP contribution in [0.2, 0.25) is 0 Å². The molecule has 2 amide bonds. The number of anilines is 1. The molecule has 1 saturated heterocycles. The summed E-state index contributed by atoms with van der Waals surface area (Å²) < 4.78 is 43.2. The molecule has 1 unspecified atom stereocenters. The van der Waals surface area contributed by atoms with Crippen molar-refractivity contribution in [3.8, 4) is 0 Å². The van der Waals surface area contributed by atoms with Crippen molar-refractivity contribution in [2.45, 2.75) is 25.1 Å². The first kappa shape index (κ1) is 16.9. The van der Waals surface area contributed by atoms with Crippen molar-refractivity contribution >= 4 is 17.7 Å². The number of nitrogens with one attached hydrogen (secondary N) is 2. The van der Waals surface area contributed by atoms with Gasteiger partial charge in [0, 0.05) is 6.54 Å². The van der Waals surface area contributed by atoms with Gasteiger partial charge in [0.1, 0.15) is 6.04 Å². The molecular weight excluding hydrogens is 315 g/mol. The fraction of sp³-hybridized carbons (Fsp3) is 0.429. The first-order valence-electron chi connectivity index (χ1n) is 6.91. The highest BCUT2D eigenvalue weighted by Gasteiger charge is 2.36. The van der Waals surface area contributed by atoms with Crippen LogP contribution >= 0.6 is 0 Å². The van der Waals surface area contributed by atoms with Crippen LogP contribution < -0.4 is 10.9 Å². The second-order valence-electron chi connectivity index (χ2n) is 4.98. The Labute approximate surface area is 130 Å². The van der Waals surface area contributed by atoms with Crippen LogP contribution in [0.15, 0.2) is 24.3 Å². The number of halogens is 3. The van der Waals surface area contributed by atoms with E-state index in [2.05, 4.69) is 15.6 Å². The fourth-order valence-electron chi connectivity index (χ4n) is 2.43. The van der Waals surface area contributed by atoms with Crippen LogP contribution in [0.1, 0.15) is 18.4 Å². The predicted molar refractivity (Wildman–Crippen MR) is 75.3 cm³/mol. The molecule has 0 aromatic heterocycles. The summed E-state index contributed by atoms with van der Waals surface area (Å²) in [6, 6.07) is 4.01. The lowest BCUT2D eigenvalue weighted by Gasteiger charge is -2.23. The first-order chi connectivity index (χ1) is 10.8. The molecule has 0 spiro atoms. The Bertz CT molecular complexity index is 592. The van der Waals surface area contributed by atoms with E-state index in [-0.39, 0.29) is 5.69 Å². The Morgan fingerprint density at radius 2 is 2.00 bits per heavy atom. The number of carbonyl (C=O) groups is 2. The standard InChI is InChI=1S/C14H16F3N3O3/c1-23-13(22)20-8-4-7-11(20)12(21)19-18-10-6-3-2-5-9(10)14(15,16)17/h2-3,5-6,11,18H,4,7-8H2,1H3,(H,19,21). The van der Waals surface area contributed by atoms with E-state index >= 15 is 0 Å². The van der Waals surface area contributed by atoms with Gasteiger partial charge in [0.15, 0.2) is 0 Å². The smallest absolute Gasteiger partial charge is 0.418 e. The Balaban J connectivity index is 2.04. The Morgan fingerprint density at radius 3 is 2.65 bits per heavy atom. The number of hydrogen-bond acceptors (Lipinski definition) is 4. The zero-order valence-corrected chi connectivity index (χ0v) is 12.3. The highest BCUT2D eigenvalue weighted by Crippen LogP contribution is 2.34. The molecule has 0 bridgehead atoms. The van der Waals surface area contributed by atoms with Crippen LogP contribution in [0.4, 0.5) is 23.7 Å². The van der Waals surface area contributed by atoms with Crippen LogP contribution in [-0.4, -0.2) is 36.6 Å². The van der Waals surface area contributed by atoms with Crippen molar-refractivity contribution in [1.29, 1.82) is 0 Å². The minimum atomic E-state index is -4.54. The van der Waals surface area contributed by atoms with Gasteiger partial charge >= 0.3 is 12.3 Å². The molecule has 1 atom stereocenters. The SMILES string of the molecule is COC(=O)N1CCCC1C(=O)NNc1ccccc1C(F)(F)F. The van der Waals surface area contributed by atoms with Gasteiger partial charge in [0.2, 0.25) is 0 Å². The number of alkyl halides is 3. The lowest BCUT2D eigenvalue weighted by Crippen LogP contribution is -2.47. The molecule has 1 aliphatic heterocycles. The molecule has 2 rings (SSSR count). The van der Waals surface area contributed by atoms with Gasteiger partial charge in [-0.2, -0.15) is 13.2 Å². The molecule has 1 aromatic rings. The Hall–Kier alpha value is -2.45.